The highest BCUT2D eigenvalue weighted by molar-refractivity contribution is 8.13. The minimum absolute atomic E-state index is 0.0929. The maximum Gasteiger partial charge on any atom is 0.255 e. The number of amides is 1. The van der Waals surface area contributed by atoms with Crippen molar-refractivity contribution in [3.05, 3.63) is 65.2 Å². The maximum absolute atomic E-state index is 12.6. The number of thioether (sulfide) groups is 1. The van der Waals surface area contributed by atoms with E-state index in [1.54, 1.807) is 11.8 Å². The molecule has 0 radical (unpaired) electrons. The molecule has 3 N–H and O–H groups in total. The Hall–Kier alpha value is -2.27. The van der Waals surface area contributed by atoms with Crippen LogP contribution in [0.1, 0.15) is 61.0 Å². The van der Waals surface area contributed by atoms with Gasteiger partial charge in [0.2, 0.25) is 0 Å². The van der Waals surface area contributed by atoms with E-state index in [-0.39, 0.29) is 11.4 Å². The highest BCUT2D eigenvalue weighted by Gasteiger charge is 2.29. The van der Waals surface area contributed by atoms with Crippen LogP contribution < -0.4 is 11.1 Å². The first-order valence-corrected chi connectivity index (χ1v) is 11.0. The van der Waals surface area contributed by atoms with Crippen LogP contribution in [0, 0.1) is 0 Å². The number of unbranched alkanes of at least 4 members (excludes halogenated alkanes) is 2. The van der Waals surface area contributed by atoms with Crippen LogP contribution in [0.4, 0.5) is 5.69 Å². The highest BCUT2D eigenvalue weighted by Crippen LogP contribution is 2.35. The van der Waals surface area contributed by atoms with Crippen LogP contribution >= 0.6 is 11.8 Å². The van der Waals surface area contributed by atoms with Crippen LogP contribution in [-0.2, 0) is 12.0 Å². The largest absolute Gasteiger partial charge is 0.379 e. The van der Waals surface area contributed by atoms with Gasteiger partial charge in [0.05, 0.1) is 5.54 Å². The molecule has 1 aliphatic heterocycles. The van der Waals surface area contributed by atoms with E-state index in [1.165, 1.54) is 24.8 Å². The number of nitrogens with two attached hydrogens (primary N) is 1. The average molecular weight is 396 g/mol. The summed E-state index contributed by atoms with van der Waals surface area (Å²) in [4.78, 5) is 17.3. The first-order valence-electron chi connectivity index (χ1n) is 9.99. The number of hydrogen-bond donors (Lipinski definition) is 2. The third-order valence-electron chi connectivity index (χ3n) is 5.22. The summed E-state index contributed by atoms with van der Waals surface area (Å²) < 4.78 is 0. The Kier molecular flexibility index (Phi) is 6.79. The molecule has 28 heavy (non-hydrogen) atoms. The van der Waals surface area contributed by atoms with Gasteiger partial charge in [0.25, 0.3) is 5.91 Å². The zero-order chi connectivity index (χ0) is 20.0. The topological polar surface area (TPSA) is 67.5 Å². The van der Waals surface area contributed by atoms with Crippen molar-refractivity contribution in [2.75, 3.05) is 11.1 Å². The average Bonchev–Trinajstić information content (AvgIpc) is 2.69. The van der Waals surface area contributed by atoms with Crippen LogP contribution in [-0.4, -0.2) is 16.8 Å². The molecule has 0 bridgehead atoms. The van der Waals surface area contributed by atoms with Crippen molar-refractivity contribution in [2.24, 2.45) is 10.7 Å². The molecule has 1 amide bonds. The van der Waals surface area contributed by atoms with Crippen LogP contribution in [0.15, 0.2) is 53.5 Å². The molecule has 1 atom stereocenters. The predicted molar refractivity (Wildman–Crippen MR) is 120 cm³/mol. The Morgan fingerprint density at radius 3 is 2.71 bits per heavy atom. The number of hydrogen-bond acceptors (Lipinski definition) is 4. The molecule has 0 aromatic heterocycles. The fraction of sp³-hybridized carbons (Fsp3) is 0.391. The van der Waals surface area contributed by atoms with E-state index in [1.807, 2.05) is 36.4 Å². The number of anilines is 1. The Labute approximate surface area is 172 Å². The highest BCUT2D eigenvalue weighted by atomic mass is 32.2. The summed E-state index contributed by atoms with van der Waals surface area (Å²) in [5.41, 5.74) is 9.40. The van der Waals surface area contributed by atoms with E-state index < -0.39 is 0 Å². The van der Waals surface area contributed by atoms with Gasteiger partial charge in [-0.05, 0) is 61.6 Å². The van der Waals surface area contributed by atoms with Crippen LogP contribution in [0.3, 0.4) is 0 Å². The van der Waals surface area contributed by atoms with E-state index in [4.69, 9.17) is 5.73 Å². The number of benzene rings is 2. The van der Waals surface area contributed by atoms with Gasteiger partial charge in [-0.3, -0.25) is 9.79 Å². The first kappa shape index (κ1) is 20.5. The molecular formula is C23H29N3OS. The molecule has 2 aromatic rings. The normalized spacial score (nSPS) is 19.1. The Bertz CT molecular complexity index is 847. The Morgan fingerprint density at radius 1 is 1.21 bits per heavy atom. The van der Waals surface area contributed by atoms with Gasteiger partial charge >= 0.3 is 0 Å². The number of carbonyl (C=O) groups excluding carboxylic acids is 1. The lowest BCUT2D eigenvalue weighted by molar-refractivity contribution is 0.102. The molecule has 0 fully saturated rings. The maximum atomic E-state index is 12.6. The van der Waals surface area contributed by atoms with Gasteiger partial charge in [-0.2, -0.15) is 0 Å². The fourth-order valence-corrected chi connectivity index (χ4v) is 4.41. The van der Waals surface area contributed by atoms with E-state index in [9.17, 15) is 4.79 Å². The summed E-state index contributed by atoms with van der Waals surface area (Å²) in [6.07, 6.45) is 5.65. The zero-order valence-corrected chi connectivity index (χ0v) is 17.5. The van der Waals surface area contributed by atoms with Crippen molar-refractivity contribution in [1.29, 1.82) is 0 Å². The molecule has 3 rings (SSSR count). The quantitative estimate of drug-likeness (QED) is 0.622. The Balaban J connectivity index is 1.68. The smallest absolute Gasteiger partial charge is 0.255 e. The fourth-order valence-electron chi connectivity index (χ4n) is 3.43. The molecule has 0 aliphatic carbocycles. The SMILES string of the molecule is CCCCCc1ccc(C(=O)Nc2cccc(C3(C)CCSC(N)=N3)c2)cc1. The molecule has 0 saturated carbocycles. The molecule has 1 unspecified atom stereocenters. The summed E-state index contributed by atoms with van der Waals surface area (Å²) in [7, 11) is 0. The molecule has 148 valence electrons. The van der Waals surface area contributed by atoms with Gasteiger partial charge in [-0.25, -0.2) is 0 Å². The second-order valence-electron chi connectivity index (χ2n) is 7.51. The van der Waals surface area contributed by atoms with E-state index in [0.29, 0.717) is 10.7 Å². The minimum atomic E-state index is -0.337. The number of nitrogens with one attached hydrogen (secondary N) is 1. The van der Waals surface area contributed by atoms with E-state index in [0.717, 1.165) is 29.8 Å². The lowest BCUT2D eigenvalue weighted by Crippen LogP contribution is -2.28. The van der Waals surface area contributed by atoms with E-state index >= 15 is 0 Å². The number of nitrogens with zero attached hydrogens (tertiary/aromatic N) is 1. The number of amidine groups is 1. The van der Waals surface area contributed by atoms with Crippen molar-refractivity contribution >= 4 is 28.5 Å². The Morgan fingerprint density at radius 2 is 2.00 bits per heavy atom. The molecule has 1 aliphatic rings. The summed E-state index contributed by atoms with van der Waals surface area (Å²) in [6, 6.07) is 15.8. The second kappa shape index (κ2) is 9.28. The van der Waals surface area contributed by atoms with Crippen LogP contribution in [0.5, 0.6) is 0 Å². The monoisotopic (exact) mass is 395 g/mol. The lowest BCUT2D eigenvalue weighted by atomic mass is 9.89. The van der Waals surface area contributed by atoms with Gasteiger partial charge in [0.15, 0.2) is 5.17 Å². The van der Waals surface area contributed by atoms with Gasteiger partial charge in [0, 0.05) is 17.0 Å². The predicted octanol–water partition coefficient (Wildman–Crippen LogP) is 5.34. The molecule has 2 aromatic carbocycles. The van der Waals surface area contributed by atoms with Gasteiger partial charge < -0.3 is 11.1 Å². The summed E-state index contributed by atoms with van der Waals surface area (Å²) in [5, 5.41) is 3.64. The van der Waals surface area contributed by atoms with Crippen molar-refractivity contribution in [1.82, 2.24) is 0 Å². The van der Waals surface area contributed by atoms with E-state index in [2.05, 4.69) is 36.3 Å². The zero-order valence-electron chi connectivity index (χ0n) is 16.7. The van der Waals surface area contributed by atoms with Crippen molar-refractivity contribution in [2.45, 2.75) is 51.5 Å². The van der Waals surface area contributed by atoms with Crippen LogP contribution in [0.2, 0.25) is 0 Å². The molecule has 5 heteroatoms. The summed E-state index contributed by atoms with van der Waals surface area (Å²) >= 11 is 1.59. The molecule has 1 heterocycles. The number of aryl methyl sites for hydroxylation is 1. The number of carbonyl (C=O) groups is 1. The molecule has 4 nitrogen and oxygen atoms in total. The van der Waals surface area contributed by atoms with Gasteiger partial charge in [-0.15, -0.1) is 0 Å². The van der Waals surface area contributed by atoms with Crippen molar-refractivity contribution < 1.29 is 4.79 Å². The third kappa shape index (κ3) is 5.16. The second-order valence-corrected chi connectivity index (χ2v) is 8.63. The van der Waals surface area contributed by atoms with Crippen molar-refractivity contribution in [3.63, 3.8) is 0 Å². The van der Waals surface area contributed by atoms with Crippen molar-refractivity contribution in [3.8, 4) is 0 Å². The van der Waals surface area contributed by atoms with Gasteiger partial charge in [-0.1, -0.05) is 55.8 Å². The third-order valence-corrected chi connectivity index (χ3v) is 6.02. The number of rotatable bonds is 7. The van der Waals surface area contributed by atoms with Crippen LogP contribution in [0.25, 0.3) is 0 Å². The first-order chi connectivity index (χ1) is 13.5. The number of aliphatic imine (C=N–C) groups is 1. The summed E-state index contributed by atoms with van der Waals surface area (Å²) in [5.74, 6) is 0.858. The minimum Gasteiger partial charge on any atom is -0.379 e. The van der Waals surface area contributed by atoms with Gasteiger partial charge in [0.1, 0.15) is 0 Å². The lowest BCUT2D eigenvalue weighted by Gasteiger charge is -2.30. The molecule has 0 spiro atoms. The standard InChI is InChI=1S/C23H29N3OS/c1-3-4-5-7-17-10-12-18(13-11-17)21(27)25-20-9-6-8-19(16-20)23(2)14-15-28-22(24)26-23/h6,8-13,16H,3-5,7,14-15H2,1-2H3,(H2,24,26)(H,25,27). The summed E-state index contributed by atoms with van der Waals surface area (Å²) in [6.45, 7) is 4.30. The molecular weight excluding hydrogens is 366 g/mol. The molecule has 0 saturated heterocycles.